The summed E-state index contributed by atoms with van der Waals surface area (Å²) < 4.78 is 1.03. The lowest BCUT2D eigenvalue weighted by atomic mass is 10.0. The Bertz CT molecular complexity index is 555. The molecule has 0 fully saturated rings. The van der Waals surface area contributed by atoms with Crippen LogP contribution in [0.1, 0.15) is 11.1 Å². The molecule has 4 heteroatoms. The number of aliphatic hydroxyl groups is 1. The van der Waals surface area contributed by atoms with Gasteiger partial charge in [0.15, 0.2) is 0 Å². The van der Waals surface area contributed by atoms with Gasteiger partial charge in [-0.15, -0.1) is 0 Å². The molecule has 100 valence electrons. The zero-order valence-electron chi connectivity index (χ0n) is 10.1. The van der Waals surface area contributed by atoms with E-state index < -0.39 is 6.10 Å². The van der Waals surface area contributed by atoms with Crippen LogP contribution >= 0.6 is 39.1 Å². The number of hydrogen-bond acceptors (Lipinski definition) is 1. The number of hydrogen-bond donors (Lipinski definition) is 1. The first kappa shape index (κ1) is 14.9. The maximum atomic E-state index is 10.1. The molecule has 0 radical (unpaired) electrons. The monoisotopic (exact) mass is 358 g/mol. The van der Waals surface area contributed by atoms with Crippen LogP contribution in [0.3, 0.4) is 0 Å². The van der Waals surface area contributed by atoms with Crippen molar-refractivity contribution in [1.82, 2.24) is 0 Å². The molecule has 0 saturated heterocycles. The van der Waals surface area contributed by atoms with Crippen LogP contribution in [0, 0.1) is 0 Å². The van der Waals surface area contributed by atoms with Gasteiger partial charge in [0.2, 0.25) is 0 Å². The van der Waals surface area contributed by atoms with Crippen LogP contribution in [0.15, 0.2) is 46.9 Å². The van der Waals surface area contributed by atoms with Gasteiger partial charge in [0.1, 0.15) is 0 Å². The number of rotatable bonds is 4. The standard InChI is InChI=1S/C15H13BrCl2O/c16-12-3-1-10(2-4-12)7-14(19)9-11-8-13(17)5-6-15(11)18/h1-6,8,14,19H,7,9H2. The summed E-state index contributed by atoms with van der Waals surface area (Å²) in [6, 6.07) is 13.2. The van der Waals surface area contributed by atoms with E-state index in [1.165, 1.54) is 0 Å². The third kappa shape index (κ3) is 4.50. The van der Waals surface area contributed by atoms with Gasteiger partial charge in [-0.25, -0.2) is 0 Å². The first-order valence-corrected chi connectivity index (χ1v) is 7.46. The molecule has 0 aliphatic rings. The normalized spacial score (nSPS) is 12.4. The Morgan fingerprint density at radius 1 is 1.00 bits per heavy atom. The summed E-state index contributed by atoms with van der Waals surface area (Å²) >= 11 is 15.4. The van der Waals surface area contributed by atoms with Crippen LogP contribution in [0.2, 0.25) is 10.0 Å². The fraction of sp³-hybridized carbons (Fsp3) is 0.200. The molecular formula is C15H13BrCl2O. The highest BCUT2D eigenvalue weighted by molar-refractivity contribution is 9.10. The molecule has 0 saturated carbocycles. The third-order valence-corrected chi connectivity index (χ3v) is 3.98. The molecular weight excluding hydrogens is 347 g/mol. The Morgan fingerprint density at radius 3 is 2.37 bits per heavy atom. The zero-order chi connectivity index (χ0) is 13.8. The molecule has 1 N–H and O–H groups in total. The van der Waals surface area contributed by atoms with Gasteiger partial charge in [-0.3, -0.25) is 0 Å². The summed E-state index contributed by atoms with van der Waals surface area (Å²) in [5.74, 6) is 0. The highest BCUT2D eigenvalue weighted by atomic mass is 79.9. The summed E-state index contributed by atoms with van der Waals surface area (Å²) in [4.78, 5) is 0. The highest BCUT2D eigenvalue weighted by Crippen LogP contribution is 2.23. The fourth-order valence-electron chi connectivity index (χ4n) is 1.92. The second-order valence-corrected chi connectivity index (χ2v) is 6.18. The Balaban J connectivity index is 2.02. The van der Waals surface area contributed by atoms with E-state index in [1.807, 2.05) is 24.3 Å². The SMILES string of the molecule is OC(Cc1ccc(Br)cc1)Cc1cc(Cl)ccc1Cl. The first-order valence-electron chi connectivity index (χ1n) is 5.91. The molecule has 0 spiro atoms. The van der Waals surface area contributed by atoms with E-state index >= 15 is 0 Å². The second kappa shape index (κ2) is 6.76. The van der Waals surface area contributed by atoms with Gasteiger partial charge in [-0.1, -0.05) is 51.3 Å². The molecule has 19 heavy (non-hydrogen) atoms. The molecule has 1 unspecified atom stereocenters. The van der Waals surface area contributed by atoms with Crippen LogP contribution in [0.5, 0.6) is 0 Å². The Kier molecular flexibility index (Phi) is 5.28. The van der Waals surface area contributed by atoms with E-state index in [9.17, 15) is 5.11 Å². The number of benzene rings is 2. The molecule has 1 atom stereocenters. The van der Waals surface area contributed by atoms with Gasteiger partial charge >= 0.3 is 0 Å². The van der Waals surface area contributed by atoms with Gasteiger partial charge in [-0.05, 0) is 47.9 Å². The van der Waals surface area contributed by atoms with Gasteiger partial charge in [0.05, 0.1) is 6.10 Å². The number of halogens is 3. The summed E-state index contributed by atoms with van der Waals surface area (Å²) in [6.45, 7) is 0. The van der Waals surface area contributed by atoms with E-state index in [0.29, 0.717) is 22.9 Å². The minimum absolute atomic E-state index is 0.475. The molecule has 2 aromatic carbocycles. The fourth-order valence-corrected chi connectivity index (χ4v) is 2.57. The molecule has 2 aromatic rings. The topological polar surface area (TPSA) is 20.2 Å². The molecule has 0 heterocycles. The van der Waals surface area contributed by atoms with Crippen molar-refractivity contribution in [2.24, 2.45) is 0 Å². The van der Waals surface area contributed by atoms with E-state index in [4.69, 9.17) is 23.2 Å². The average molecular weight is 360 g/mol. The van der Waals surface area contributed by atoms with Gasteiger partial charge < -0.3 is 5.11 Å². The minimum atomic E-state index is -0.475. The van der Waals surface area contributed by atoms with Crippen LogP contribution in [0.25, 0.3) is 0 Å². The lowest BCUT2D eigenvalue weighted by Gasteiger charge is -2.12. The van der Waals surface area contributed by atoms with Crippen molar-refractivity contribution >= 4 is 39.1 Å². The quantitative estimate of drug-likeness (QED) is 0.822. The largest absolute Gasteiger partial charge is 0.392 e. The minimum Gasteiger partial charge on any atom is -0.392 e. The van der Waals surface area contributed by atoms with Crippen molar-refractivity contribution in [2.75, 3.05) is 0 Å². The average Bonchev–Trinajstić information content (AvgIpc) is 2.37. The summed E-state index contributed by atoms with van der Waals surface area (Å²) in [7, 11) is 0. The Labute approximate surface area is 131 Å². The van der Waals surface area contributed by atoms with E-state index in [2.05, 4.69) is 15.9 Å². The molecule has 0 aromatic heterocycles. The summed E-state index contributed by atoms with van der Waals surface area (Å²) in [5, 5.41) is 11.4. The molecule has 1 nitrogen and oxygen atoms in total. The molecule has 0 amide bonds. The van der Waals surface area contributed by atoms with Crippen molar-refractivity contribution in [3.63, 3.8) is 0 Å². The van der Waals surface area contributed by atoms with Crippen LogP contribution in [-0.4, -0.2) is 11.2 Å². The van der Waals surface area contributed by atoms with Gasteiger partial charge in [0, 0.05) is 20.9 Å². The first-order chi connectivity index (χ1) is 9.04. The number of aliphatic hydroxyl groups excluding tert-OH is 1. The molecule has 0 aliphatic carbocycles. The van der Waals surface area contributed by atoms with Crippen molar-refractivity contribution in [3.05, 3.63) is 68.1 Å². The van der Waals surface area contributed by atoms with Crippen molar-refractivity contribution < 1.29 is 5.11 Å². The summed E-state index contributed by atoms with van der Waals surface area (Å²) in [6.07, 6.45) is 0.614. The van der Waals surface area contributed by atoms with Crippen LogP contribution in [0.4, 0.5) is 0 Å². The predicted octanol–water partition coefficient (Wildman–Crippen LogP) is 4.90. The molecule has 0 aliphatic heterocycles. The third-order valence-electron chi connectivity index (χ3n) is 2.85. The van der Waals surface area contributed by atoms with Gasteiger partial charge in [-0.2, -0.15) is 0 Å². The molecule has 0 bridgehead atoms. The van der Waals surface area contributed by atoms with E-state index in [-0.39, 0.29) is 0 Å². The van der Waals surface area contributed by atoms with Crippen LogP contribution < -0.4 is 0 Å². The van der Waals surface area contributed by atoms with Crippen LogP contribution in [-0.2, 0) is 12.8 Å². The van der Waals surface area contributed by atoms with Crippen molar-refractivity contribution in [2.45, 2.75) is 18.9 Å². The smallest absolute Gasteiger partial charge is 0.0621 e. The lowest BCUT2D eigenvalue weighted by molar-refractivity contribution is 0.175. The summed E-state index contributed by atoms with van der Waals surface area (Å²) in [5.41, 5.74) is 1.97. The highest BCUT2D eigenvalue weighted by Gasteiger charge is 2.10. The van der Waals surface area contributed by atoms with E-state index in [1.54, 1.807) is 18.2 Å². The zero-order valence-corrected chi connectivity index (χ0v) is 13.2. The van der Waals surface area contributed by atoms with Crippen molar-refractivity contribution in [1.29, 1.82) is 0 Å². The second-order valence-electron chi connectivity index (χ2n) is 4.42. The predicted molar refractivity (Wildman–Crippen MR) is 84.0 cm³/mol. The van der Waals surface area contributed by atoms with Gasteiger partial charge in [0.25, 0.3) is 0 Å². The van der Waals surface area contributed by atoms with Crippen molar-refractivity contribution in [3.8, 4) is 0 Å². The lowest BCUT2D eigenvalue weighted by Crippen LogP contribution is -2.14. The maximum absolute atomic E-state index is 10.1. The molecule has 2 rings (SSSR count). The van der Waals surface area contributed by atoms with E-state index in [0.717, 1.165) is 15.6 Å². The Hall–Kier alpha value is -0.540. The maximum Gasteiger partial charge on any atom is 0.0621 e. The Morgan fingerprint density at radius 2 is 1.68 bits per heavy atom.